The fraction of sp³-hybridized carbons (Fsp3) is 0.583. The summed E-state index contributed by atoms with van der Waals surface area (Å²) < 4.78 is 49.5. The first kappa shape index (κ1) is 17.4. The Bertz CT molecular complexity index is 844. The molecule has 124 valence electrons. The highest BCUT2D eigenvalue weighted by atomic mass is 32.3. The quantitative estimate of drug-likeness (QED) is 0.823. The second kappa shape index (κ2) is 4.76. The predicted octanol–water partition coefficient (Wildman–Crippen LogP) is 0.998. The number of sulfone groups is 1. The van der Waals surface area contributed by atoms with Crippen molar-refractivity contribution in [1.29, 1.82) is 0 Å². The molecular weight excluding hydrogens is 350 g/mol. The number of aliphatic carboxylic acids is 1. The highest BCUT2D eigenvalue weighted by molar-refractivity contribution is 7.97. The number of hydrogen-bond donors (Lipinski definition) is 2. The van der Waals surface area contributed by atoms with E-state index in [9.17, 15) is 26.7 Å². The van der Waals surface area contributed by atoms with Crippen LogP contribution < -0.4 is 4.72 Å². The van der Waals surface area contributed by atoms with E-state index >= 15 is 0 Å². The normalized spacial score (nSPS) is 24.2. The zero-order valence-electron chi connectivity index (χ0n) is 12.5. The van der Waals surface area contributed by atoms with Crippen LogP contribution in [0.3, 0.4) is 0 Å². The van der Waals surface area contributed by atoms with Gasteiger partial charge in [0.2, 0.25) is 9.84 Å². The number of rotatable bonds is 3. The molecular formula is C12H17NO6S3. The fourth-order valence-electron chi connectivity index (χ4n) is 2.18. The Morgan fingerprint density at radius 1 is 1.41 bits per heavy atom. The van der Waals surface area contributed by atoms with Gasteiger partial charge >= 0.3 is 5.97 Å². The van der Waals surface area contributed by atoms with Crippen LogP contribution in [0.5, 0.6) is 0 Å². The summed E-state index contributed by atoms with van der Waals surface area (Å²) in [6.07, 6.45) is -0.235. The van der Waals surface area contributed by atoms with Crippen LogP contribution in [0.4, 0.5) is 0 Å². The van der Waals surface area contributed by atoms with E-state index < -0.39 is 36.1 Å². The van der Waals surface area contributed by atoms with Gasteiger partial charge in [0.25, 0.3) is 10.0 Å². The van der Waals surface area contributed by atoms with Gasteiger partial charge in [0.15, 0.2) is 4.75 Å². The third-order valence-corrected chi connectivity index (χ3v) is 9.64. The van der Waals surface area contributed by atoms with E-state index in [4.69, 9.17) is 0 Å². The Morgan fingerprint density at radius 2 is 1.95 bits per heavy atom. The molecule has 1 aliphatic heterocycles. The average molecular weight is 367 g/mol. The van der Waals surface area contributed by atoms with Crippen molar-refractivity contribution in [2.75, 3.05) is 0 Å². The summed E-state index contributed by atoms with van der Waals surface area (Å²) in [6.45, 7) is 6.15. The highest BCUT2D eigenvalue weighted by Gasteiger charge is 2.55. The topological polar surface area (TPSA) is 118 Å². The summed E-state index contributed by atoms with van der Waals surface area (Å²) >= 11 is 0.595. The Balaban J connectivity index is 2.52. The van der Waals surface area contributed by atoms with Gasteiger partial charge in [-0.25, -0.2) is 21.6 Å². The van der Waals surface area contributed by atoms with Crippen LogP contribution >= 0.6 is 11.3 Å². The minimum Gasteiger partial charge on any atom is -0.480 e. The fourth-order valence-corrected chi connectivity index (χ4v) is 7.72. The van der Waals surface area contributed by atoms with Crippen molar-refractivity contribution in [2.24, 2.45) is 0 Å². The summed E-state index contributed by atoms with van der Waals surface area (Å²) in [5, 5.41) is 9.18. The maximum atomic E-state index is 12.4. The highest BCUT2D eigenvalue weighted by Crippen LogP contribution is 2.45. The van der Waals surface area contributed by atoms with Crippen molar-refractivity contribution in [1.82, 2.24) is 4.72 Å². The number of carboxylic acid groups (broad SMARTS) is 1. The van der Waals surface area contributed by atoms with Crippen LogP contribution in [0, 0.1) is 0 Å². The Labute approximate surface area is 133 Å². The first-order valence-electron chi connectivity index (χ1n) is 6.35. The molecule has 2 N–H and O–H groups in total. The van der Waals surface area contributed by atoms with Crippen molar-refractivity contribution in [3.63, 3.8) is 0 Å². The third kappa shape index (κ3) is 2.57. The largest absolute Gasteiger partial charge is 0.480 e. The molecule has 10 heteroatoms. The van der Waals surface area contributed by atoms with Gasteiger partial charge in [0.05, 0.1) is 0 Å². The molecule has 7 nitrogen and oxygen atoms in total. The second-order valence-electron chi connectivity index (χ2n) is 6.45. The summed E-state index contributed by atoms with van der Waals surface area (Å²) in [7, 11) is -7.95. The molecule has 0 spiro atoms. The lowest BCUT2D eigenvalue weighted by Crippen LogP contribution is -2.41. The molecule has 1 aromatic heterocycles. The number of thiophene rings is 1. The maximum absolute atomic E-state index is 12.4. The van der Waals surface area contributed by atoms with Crippen molar-refractivity contribution in [3.05, 3.63) is 11.6 Å². The third-order valence-electron chi connectivity index (χ3n) is 3.27. The smallest absolute Gasteiger partial charge is 0.325 e. The molecule has 0 radical (unpaired) electrons. The maximum Gasteiger partial charge on any atom is 0.325 e. The molecule has 0 bridgehead atoms. The number of carboxylic acids is 1. The number of nitrogens with one attached hydrogen (secondary N) is 1. The van der Waals surface area contributed by atoms with Crippen LogP contribution in [-0.2, 0) is 31.1 Å². The molecule has 0 fully saturated rings. The minimum atomic E-state index is -4.10. The lowest BCUT2D eigenvalue weighted by atomic mass is 10.0. The first-order valence-corrected chi connectivity index (χ1v) is 10.1. The van der Waals surface area contributed by atoms with Gasteiger partial charge in [-0.1, -0.05) is 0 Å². The van der Waals surface area contributed by atoms with Crippen molar-refractivity contribution in [3.8, 4) is 0 Å². The van der Waals surface area contributed by atoms with Crippen LogP contribution in [0.15, 0.2) is 14.5 Å². The molecule has 1 atom stereocenters. The van der Waals surface area contributed by atoms with E-state index in [-0.39, 0.29) is 20.4 Å². The molecule has 22 heavy (non-hydrogen) atoms. The standard InChI is InChI=1S/C12H17NO6S3/c1-11(2,3)13-22(18,19)8-5-7-6-12(4,10(14)15)21(16,17)9(7)20-8/h5,13H,6H2,1-4H3,(H,14,15). The lowest BCUT2D eigenvalue weighted by molar-refractivity contribution is -0.139. The Hall–Kier alpha value is -0.970. The summed E-state index contributed by atoms with van der Waals surface area (Å²) in [5.74, 6) is -1.44. The summed E-state index contributed by atoms with van der Waals surface area (Å²) in [5.41, 5.74) is -0.467. The van der Waals surface area contributed by atoms with Gasteiger partial charge in [-0.3, -0.25) is 4.79 Å². The molecule has 1 aliphatic rings. The van der Waals surface area contributed by atoms with Crippen LogP contribution in [0.1, 0.15) is 33.3 Å². The molecule has 0 aromatic carbocycles. The molecule has 0 saturated carbocycles. The average Bonchev–Trinajstić information content (AvgIpc) is 2.76. The molecule has 0 amide bonds. The molecule has 1 unspecified atom stereocenters. The predicted molar refractivity (Wildman–Crippen MR) is 81.3 cm³/mol. The van der Waals surface area contributed by atoms with E-state index in [2.05, 4.69) is 4.72 Å². The SMILES string of the molecule is CC(C)(C)NS(=O)(=O)c1cc2c(s1)S(=O)(=O)C(C)(C(=O)O)C2. The summed E-state index contributed by atoms with van der Waals surface area (Å²) in [4.78, 5) is 11.3. The number of fused-ring (bicyclic) bond motifs is 1. The van der Waals surface area contributed by atoms with Gasteiger partial charge in [-0.2, -0.15) is 0 Å². The zero-order valence-corrected chi connectivity index (χ0v) is 14.9. The van der Waals surface area contributed by atoms with Gasteiger partial charge in [-0.05, 0) is 39.3 Å². The van der Waals surface area contributed by atoms with Gasteiger partial charge in [0.1, 0.15) is 8.42 Å². The van der Waals surface area contributed by atoms with Gasteiger partial charge in [-0.15, -0.1) is 11.3 Å². The monoisotopic (exact) mass is 367 g/mol. The van der Waals surface area contributed by atoms with E-state index in [1.165, 1.54) is 6.07 Å². The number of sulfonamides is 1. The second-order valence-corrected chi connectivity index (χ2v) is 12.0. The Morgan fingerprint density at radius 3 is 2.36 bits per heavy atom. The van der Waals surface area contributed by atoms with Gasteiger partial charge < -0.3 is 5.11 Å². The zero-order chi connectivity index (χ0) is 17.1. The number of carbonyl (C=O) groups is 1. The van der Waals surface area contributed by atoms with Crippen LogP contribution in [-0.4, -0.2) is 38.2 Å². The van der Waals surface area contributed by atoms with Crippen LogP contribution in [0.25, 0.3) is 0 Å². The molecule has 2 heterocycles. The van der Waals surface area contributed by atoms with E-state index in [0.717, 1.165) is 6.92 Å². The van der Waals surface area contributed by atoms with E-state index in [1.54, 1.807) is 20.8 Å². The number of hydrogen-bond acceptors (Lipinski definition) is 6. The van der Waals surface area contributed by atoms with E-state index in [0.29, 0.717) is 11.3 Å². The Kier molecular flexibility index (Phi) is 3.76. The molecule has 0 saturated heterocycles. The molecule has 2 rings (SSSR count). The molecule has 1 aromatic rings. The van der Waals surface area contributed by atoms with E-state index in [1.807, 2.05) is 0 Å². The molecule has 0 aliphatic carbocycles. The van der Waals surface area contributed by atoms with Gasteiger partial charge in [0, 0.05) is 12.0 Å². The summed E-state index contributed by atoms with van der Waals surface area (Å²) in [6, 6.07) is 1.25. The van der Waals surface area contributed by atoms with Crippen molar-refractivity contribution in [2.45, 2.75) is 52.8 Å². The first-order chi connectivity index (χ1) is 9.71. The van der Waals surface area contributed by atoms with Crippen molar-refractivity contribution < 1.29 is 26.7 Å². The van der Waals surface area contributed by atoms with Crippen LogP contribution in [0.2, 0.25) is 0 Å². The lowest BCUT2D eigenvalue weighted by Gasteiger charge is -2.20. The van der Waals surface area contributed by atoms with Crippen molar-refractivity contribution >= 4 is 37.2 Å². The minimum absolute atomic E-state index is 0.122.